The molecule has 4 heterocycles. The number of carbonyl (C=O) groups is 4. The normalized spacial score (nSPS) is 49.3. The molecular weight excluding hydrogens is 1640 g/mol. The third-order valence-corrected chi connectivity index (χ3v) is 46.4. The Morgan fingerprint density at radius 2 is 0.680 bits per heavy atom. The van der Waals surface area contributed by atoms with E-state index in [2.05, 4.69) is 79.8 Å². The first-order chi connectivity index (χ1) is 60.6. The van der Waals surface area contributed by atoms with E-state index in [1.54, 1.807) is 12.5 Å². The monoisotopic (exact) mass is 1820 g/mol. The van der Waals surface area contributed by atoms with Crippen LogP contribution in [0.5, 0.6) is 0 Å². The van der Waals surface area contributed by atoms with Gasteiger partial charge in [-0.05, 0) is 403 Å². The first-order valence-electron chi connectivity index (χ1n) is 53.4. The molecule has 4 saturated heterocycles. The highest BCUT2D eigenvalue weighted by Gasteiger charge is 2.66. The Morgan fingerprint density at radius 3 is 1.06 bits per heavy atom. The third kappa shape index (κ3) is 19.6. The van der Waals surface area contributed by atoms with Crippen LogP contribution >= 0.6 is 0 Å². The van der Waals surface area contributed by atoms with Gasteiger partial charge < -0.3 is 34.6 Å². The van der Waals surface area contributed by atoms with Gasteiger partial charge in [0.1, 0.15) is 23.1 Å². The van der Waals surface area contributed by atoms with Gasteiger partial charge in [0.25, 0.3) is 0 Å². The second-order valence-corrected chi connectivity index (χ2v) is 55.1. The molecule has 728 valence electrons. The number of hydrogen-bond acceptors (Lipinski definition) is 17. The molecule has 0 amide bonds. The lowest BCUT2D eigenvalue weighted by molar-refractivity contribution is -0.155. The molecule has 20 fully saturated rings. The van der Waals surface area contributed by atoms with Gasteiger partial charge in [-0.3, -0.25) is 47.2 Å². The summed E-state index contributed by atoms with van der Waals surface area (Å²) in [5, 5.41) is 43.1. The molecule has 36 atom stereocenters. The average molecular weight is 1820 g/mol. The van der Waals surface area contributed by atoms with Crippen molar-refractivity contribution in [3.8, 4) is 0 Å². The first-order valence-corrected chi connectivity index (χ1v) is 57.5. The maximum absolute atomic E-state index is 13.6. The van der Waals surface area contributed by atoms with Crippen molar-refractivity contribution in [3.05, 3.63) is 0 Å². The second kappa shape index (κ2) is 38.4. The smallest absolute Gasteiger partial charge is 0.150 e. The summed E-state index contributed by atoms with van der Waals surface area (Å²) in [4.78, 5) is 63.1. The number of ether oxygens (including phenoxy) is 3. The van der Waals surface area contributed by atoms with E-state index in [-0.39, 0.29) is 51.4 Å². The largest absolute Gasteiger partial charge is 0.390 e. The summed E-state index contributed by atoms with van der Waals surface area (Å²) in [6, 6.07) is 0. The number of morpholine rings is 2. The number of carbonyl (C=O) groups excluding carboxylic acids is 4. The zero-order chi connectivity index (χ0) is 90.8. The van der Waals surface area contributed by atoms with Crippen molar-refractivity contribution in [2.75, 3.05) is 151 Å². The quantitative estimate of drug-likeness (QED) is 0.105. The van der Waals surface area contributed by atoms with Gasteiger partial charge in [-0.25, -0.2) is 8.61 Å². The molecule has 20 rings (SSSR count). The molecule has 0 spiro atoms. The Hall–Kier alpha value is -1.80. The number of rotatable bonds is 16. The van der Waals surface area contributed by atoms with Gasteiger partial charge >= 0.3 is 0 Å². The zero-order valence-electron chi connectivity index (χ0n) is 82.3. The molecular formula is C107H180N6O13S2. The number of methoxy groups -OCH3 is 1. The third-order valence-electron chi connectivity index (χ3n) is 43.5. The predicted molar refractivity (Wildman–Crippen MR) is 513 cm³/mol. The molecule has 0 aromatic heterocycles. The van der Waals surface area contributed by atoms with E-state index < -0.39 is 41.8 Å². The van der Waals surface area contributed by atoms with Crippen LogP contribution in [0.1, 0.15) is 287 Å². The summed E-state index contributed by atoms with van der Waals surface area (Å²) < 4.78 is 45.4. The predicted octanol–water partition coefficient (Wildman–Crippen LogP) is 15.0. The van der Waals surface area contributed by atoms with Gasteiger partial charge in [0.05, 0.1) is 81.1 Å². The maximum Gasteiger partial charge on any atom is 0.150 e. The molecule has 0 aromatic rings. The lowest BCUT2D eigenvalue weighted by Gasteiger charge is -2.58. The Bertz CT molecular complexity index is 4100. The van der Waals surface area contributed by atoms with Gasteiger partial charge in [0, 0.05) is 141 Å². The molecule has 20 aliphatic rings. The van der Waals surface area contributed by atoms with Crippen LogP contribution < -0.4 is 0 Å². The van der Waals surface area contributed by atoms with Gasteiger partial charge in [0.2, 0.25) is 0 Å². The molecule has 4 aliphatic heterocycles. The fraction of sp³-hybridized carbons (Fsp3) is 0.944. The fourth-order valence-corrected chi connectivity index (χ4v) is 38.3. The van der Waals surface area contributed by atoms with E-state index in [0.29, 0.717) is 96.7 Å². The number of piperazine rings is 2. The van der Waals surface area contributed by atoms with E-state index in [1.807, 2.05) is 29.6 Å². The number of Topliss-reactive ketones (excluding diaryl/α,β-unsaturated/α-hetero) is 4. The summed E-state index contributed by atoms with van der Waals surface area (Å²) >= 11 is 0. The Balaban J connectivity index is 0.000000120. The minimum atomic E-state index is -2.14. The van der Waals surface area contributed by atoms with Crippen LogP contribution in [0.3, 0.4) is 0 Å². The topological polar surface area (TPSA) is 230 Å². The van der Waals surface area contributed by atoms with Crippen LogP contribution in [0.25, 0.3) is 0 Å². The number of fused-ring (bicyclic) bond motifs is 20. The molecule has 19 nitrogen and oxygen atoms in total. The molecule has 16 aliphatic carbocycles. The summed E-state index contributed by atoms with van der Waals surface area (Å²) in [5.41, 5.74) is -1.11. The van der Waals surface area contributed by atoms with Gasteiger partial charge in [-0.1, -0.05) is 41.5 Å². The van der Waals surface area contributed by atoms with Crippen LogP contribution in [-0.2, 0) is 52.8 Å². The van der Waals surface area contributed by atoms with Crippen LogP contribution in [0, 0.1) is 170 Å². The van der Waals surface area contributed by atoms with Crippen molar-refractivity contribution >= 4 is 54.3 Å². The Kier molecular flexibility index (Phi) is 29.4. The van der Waals surface area contributed by atoms with Crippen LogP contribution in [-0.4, -0.2) is 271 Å². The summed E-state index contributed by atoms with van der Waals surface area (Å²) in [5.74, 6) is 25.9. The molecule has 0 aromatic carbocycles. The van der Waals surface area contributed by atoms with E-state index >= 15 is 0 Å². The molecule has 0 radical (unpaired) electrons. The molecule has 21 heteroatoms. The van der Waals surface area contributed by atoms with Crippen molar-refractivity contribution in [1.82, 2.24) is 28.2 Å². The average Bonchev–Trinajstić information content (AvgIpc) is 1.52. The standard InChI is InChI=1S/C28H48N2O3S.C27H46N2O3S.C26H43NO4.C26H43NO3/c1-5-28(32)13-11-21-20(18-28)6-7-23-22(21)10-12-27(2)24(23)8-9-25(27)26(31)19-29-14-16-30(17-15-29)34(3,4)33;1-26(31)11-9-20-19(17-26)5-6-22-21(20)10-12-27(2)23(22)7-8-24(27)25(30)18-28-13-15-29(16-14-28)33(3,4)32;1-25(29)8-6-18-17-7-9-26(2)21(19(17)14-24(30-3)20(18)15-25)4-5-22(26)23(28)16-27-10-12-31-13-11-27;1-17-14-21-18(15-26(17,3)29)4-5-20-19(21)8-9-25(2)22(20)6-7-23(25)24(28)16-27-10-12-30-13-11-27/h20-25,32H,3,5-19H2,1-2,4H3;19-24,31H,3,5-18H2,1-2,4H3;17-22,24,29H,4-16H2,1-3H3;17-23,29H,4-16H2,1-3H3/t20-,21-,22+,23+,24-,25+,27-,28+,34?;19-,20+,21-,22-,23+,24-,26-,27+,33?;17-,18-,19-,20-,21+,22-,24-,25-,26+;17-,18+,19+,20-,21+,22+,23-,25+,26+/m0111/s1. The van der Waals surface area contributed by atoms with Gasteiger partial charge in [-0.15, -0.1) is 0 Å². The fourth-order valence-electron chi connectivity index (χ4n) is 36.4. The molecule has 4 N–H and O–H groups in total. The van der Waals surface area contributed by atoms with Crippen molar-refractivity contribution in [2.24, 2.45) is 170 Å². The summed E-state index contributed by atoms with van der Waals surface area (Å²) in [6.45, 7) is 35.7. The van der Waals surface area contributed by atoms with E-state index in [0.717, 1.165) is 272 Å². The highest BCUT2D eigenvalue weighted by molar-refractivity contribution is 7.97. The summed E-state index contributed by atoms with van der Waals surface area (Å²) in [7, 11) is -2.41. The molecule has 2 unspecified atom stereocenters. The number of hydrogen-bond donors (Lipinski definition) is 4. The molecule has 128 heavy (non-hydrogen) atoms. The first kappa shape index (κ1) is 97.8. The minimum absolute atomic E-state index is 0.163. The summed E-state index contributed by atoms with van der Waals surface area (Å²) in [6.07, 6.45) is 44.4. The highest BCUT2D eigenvalue weighted by atomic mass is 32.2. The van der Waals surface area contributed by atoms with Gasteiger partial charge in [0.15, 0.2) is 0 Å². The van der Waals surface area contributed by atoms with Crippen molar-refractivity contribution in [1.29, 1.82) is 0 Å². The van der Waals surface area contributed by atoms with Crippen molar-refractivity contribution < 1.29 is 62.2 Å². The zero-order valence-corrected chi connectivity index (χ0v) is 83.9. The van der Waals surface area contributed by atoms with Crippen LogP contribution in [0.2, 0.25) is 0 Å². The van der Waals surface area contributed by atoms with E-state index in [1.165, 1.54) is 135 Å². The number of ketones is 4. The number of nitrogens with zero attached hydrogens (tertiary/aromatic N) is 6. The van der Waals surface area contributed by atoms with E-state index in [9.17, 15) is 48.0 Å². The van der Waals surface area contributed by atoms with Crippen molar-refractivity contribution in [3.63, 3.8) is 0 Å². The Morgan fingerprint density at radius 1 is 0.359 bits per heavy atom. The lowest BCUT2D eigenvalue weighted by atomic mass is 9.48. The SMILES string of the molecule is C=S(C)(=O)N1CCN(CC(=O)[C@H]2CC[C@H]3[C@@H]4CC[C@@H]5C[C@](C)(O)CC[C@@H]5[C@H]4CC[C@]23C)CC1.C=S(C)(=O)N1CCN(CC(=O)[C@H]2CC[C@H]3[C@@H]4CC[C@H]5C[C@@](O)(CC)CC[C@@H]5[C@H]4CC[C@]23C)CC1.CO[C@@H]1C[C@@H]2[C@H](CC[C@]3(C)[C@@H](C(=O)CN4CCOCC4)CC[C@@H]23)[C@H]2CC[C@@](C)(O)C[C@H]21.C[C@@H]1C[C@H]2[C@@H](CC[C@@H]3[C@@H]2CC[C@]2(C)[C@@H](C(=O)CN4CCOCC4)CC[C@@H]32)C[C@]1(C)O. The second-order valence-electron chi connectivity index (χ2n) is 50.2. The van der Waals surface area contributed by atoms with Crippen molar-refractivity contribution in [2.45, 2.75) is 316 Å². The minimum Gasteiger partial charge on any atom is -0.390 e. The van der Waals surface area contributed by atoms with Crippen LogP contribution in [0.15, 0.2) is 0 Å². The molecule has 0 bridgehead atoms. The van der Waals surface area contributed by atoms with E-state index in [4.69, 9.17) is 14.2 Å². The maximum atomic E-state index is 13.6. The number of aliphatic hydroxyl groups is 4. The van der Waals surface area contributed by atoms with Gasteiger partial charge in [-0.2, -0.15) is 0 Å². The lowest BCUT2D eigenvalue weighted by Crippen LogP contribution is -2.55. The van der Waals surface area contributed by atoms with Crippen LogP contribution in [0.4, 0.5) is 0 Å². The highest BCUT2D eigenvalue weighted by Crippen LogP contribution is 2.71. The Labute approximate surface area is 775 Å². The molecule has 16 saturated carbocycles.